The number of hydrogen-bond donors (Lipinski definition) is 2. The van der Waals surface area contributed by atoms with Gasteiger partial charge in [-0.3, -0.25) is 0 Å². The van der Waals surface area contributed by atoms with Gasteiger partial charge in [0, 0.05) is 28.5 Å². The maximum atomic E-state index is 6.08. The fraction of sp³-hybridized carbons (Fsp3) is 0.158. The molecule has 2 aromatic carbocycles. The topological polar surface area (TPSA) is 68.3 Å². The Morgan fingerprint density at radius 3 is 2.54 bits per heavy atom. The van der Waals surface area contributed by atoms with Gasteiger partial charge in [-0.25, -0.2) is 4.98 Å². The van der Waals surface area contributed by atoms with E-state index in [1.165, 1.54) is 0 Å². The molecular weight excluding hydrogens is 352 g/mol. The van der Waals surface area contributed by atoms with Crippen molar-refractivity contribution in [1.29, 1.82) is 0 Å². The molecule has 2 N–H and O–H groups in total. The van der Waals surface area contributed by atoms with Crippen molar-refractivity contribution < 1.29 is 9.47 Å². The summed E-state index contributed by atoms with van der Waals surface area (Å²) in [6.45, 7) is 1.90. The van der Waals surface area contributed by atoms with Crippen molar-refractivity contribution >= 4 is 34.7 Å². The highest BCUT2D eigenvalue weighted by atomic mass is 35.5. The van der Waals surface area contributed by atoms with E-state index in [-0.39, 0.29) is 0 Å². The number of aryl methyl sites for hydroxylation is 1. The van der Waals surface area contributed by atoms with Crippen molar-refractivity contribution in [3.05, 3.63) is 59.2 Å². The molecule has 0 amide bonds. The van der Waals surface area contributed by atoms with Gasteiger partial charge in [0.2, 0.25) is 5.95 Å². The van der Waals surface area contributed by atoms with Crippen molar-refractivity contribution in [2.75, 3.05) is 24.9 Å². The SMILES string of the molecule is COc1cccc(Nc2cc(C)nc(Nc3cc(Cl)ccc3OC)n2)c1. The number of nitrogens with one attached hydrogen (secondary N) is 2. The number of aromatic nitrogens is 2. The first-order valence-electron chi connectivity index (χ1n) is 7.94. The first-order valence-corrected chi connectivity index (χ1v) is 8.32. The second-order valence-corrected chi connectivity index (χ2v) is 5.98. The third-order valence-electron chi connectivity index (χ3n) is 3.60. The van der Waals surface area contributed by atoms with Gasteiger partial charge in [0.1, 0.15) is 17.3 Å². The smallest absolute Gasteiger partial charge is 0.229 e. The molecule has 0 aliphatic heterocycles. The second kappa shape index (κ2) is 7.93. The first-order chi connectivity index (χ1) is 12.6. The summed E-state index contributed by atoms with van der Waals surface area (Å²) >= 11 is 6.08. The van der Waals surface area contributed by atoms with Crippen LogP contribution in [0.1, 0.15) is 5.69 Å². The molecule has 0 saturated carbocycles. The quantitative estimate of drug-likeness (QED) is 0.640. The molecule has 0 radical (unpaired) electrons. The molecule has 0 aliphatic carbocycles. The number of anilines is 4. The Morgan fingerprint density at radius 1 is 0.923 bits per heavy atom. The summed E-state index contributed by atoms with van der Waals surface area (Å²) in [5.41, 5.74) is 2.38. The zero-order valence-corrected chi connectivity index (χ0v) is 15.5. The Balaban J connectivity index is 1.87. The Bertz CT molecular complexity index is 918. The van der Waals surface area contributed by atoms with E-state index in [0.29, 0.717) is 28.2 Å². The molecule has 0 atom stereocenters. The highest BCUT2D eigenvalue weighted by molar-refractivity contribution is 6.31. The summed E-state index contributed by atoms with van der Waals surface area (Å²) in [5.74, 6) is 2.52. The van der Waals surface area contributed by atoms with Crippen LogP contribution in [-0.2, 0) is 0 Å². The predicted octanol–water partition coefficient (Wildman–Crippen LogP) is 4.94. The molecular formula is C19H19ClN4O2. The highest BCUT2D eigenvalue weighted by Gasteiger charge is 2.08. The fourth-order valence-electron chi connectivity index (χ4n) is 2.44. The maximum Gasteiger partial charge on any atom is 0.229 e. The average molecular weight is 371 g/mol. The van der Waals surface area contributed by atoms with E-state index in [9.17, 15) is 0 Å². The van der Waals surface area contributed by atoms with Gasteiger partial charge < -0.3 is 20.1 Å². The van der Waals surface area contributed by atoms with Gasteiger partial charge in [-0.15, -0.1) is 0 Å². The van der Waals surface area contributed by atoms with Gasteiger partial charge in [0.05, 0.1) is 19.9 Å². The Kier molecular flexibility index (Phi) is 5.43. The lowest BCUT2D eigenvalue weighted by Gasteiger charge is -2.13. The lowest BCUT2D eigenvalue weighted by atomic mass is 10.3. The molecule has 0 bridgehead atoms. The minimum absolute atomic E-state index is 0.441. The highest BCUT2D eigenvalue weighted by Crippen LogP contribution is 2.30. The van der Waals surface area contributed by atoms with Crippen LogP contribution in [0.2, 0.25) is 5.02 Å². The van der Waals surface area contributed by atoms with Crippen molar-refractivity contribution in [2.24, 2.45) is 0 Å². The molecule has 3 rings (SSSR count). The third-order valence-corrected chi connectivity index (χ3v) is 3.84. The minimum Gasteiger partial charge on any atom is -0.497 e. The van der Waals surface area contributed by atoms with Crippen LogP contribution in [0.25, 0.3) is 0 Å². The van der Waals surface area contributed by atoms with E-state index in [1.54, 1.807) is 32.4 Å². The maximum absolute atomic E-state index is 6.08. The standard InChI is InChI=1S/C19H19ClN4O2/c1-12-9-18(22-14-5-4-6-15(11-14)25-2)24-19(21-12)23-16-10-13(20)7-8-17(16)26-3/h4-11H,1-3H3,(H2,21,22,23,24). The minimum atomic E-state index is 0.441. The fourth-order valence-corrected chi connectivity index (χ4v) is 2.61. The van der Waals surface area contributed by atoms with Crippen LogP contribution >= 0.6 is 11.6 Å². The molecule has 0 aliphatic rings. The summed E-state index contributed by atoms with van der Waals surface area (Å²) in [6, 6.07) is 14.8. The van der Waals surface area contributed by atoms with Crippen molar-refractivity contribution in [3.63, 3.8) is 0 Å². The number of ether oxygens (including phenoxy) is 2. The van der Waals surface area contributed by atoms with Gasteiger partial charge in [0.15, 0.2) is 0 Å². The van der Waals surface area contributed by atoms with E-state index in [2.05, 4.69) is 20.6 Å². The molecule has 26 heavy (non-hydrogen) atoms. The number of hydrogen-bond acceptors (Lipinski definition) is 6. The number of methoxy groups -OCH3 is 2. The van der Waals surface area contributed by atoms with Crippen LogP contribution in [0.3, 0.4) is 0 Å². The molecule has 1 aromatic heterocycles. The van der Waals surface area contributed by atoms with Crippen molar-refractivity contribution in [2.45, 2.75) is 6.92 Å². The Labute approximate surface area is 157 Å². The van der Waals surface area contributed by atoms with Crippen LogP contribution in [0.5, 0.6) is 11.5 Å². The summed E-state index contributed by atoms with van der Waals surface area (Å²) < 4.78 is 10.6. The van der Waals surface area contributed by atoms with E-state index in [0.717, 1.165) is 17.1 Å². The summed E-state index contributed by atoms with van der Waals surface area (Å²) in [6.07, 6.45) is 0. The molecule has 6 nitrogen and oxygen atoms in total. The van der Waals surface area contributed by atoms with E-state index in [1.807, 2.05) is 37.3 Å². The lowest BCUT2D eigenvalue weighted by Crippen LogP contribution is -2.03. The molecule has 0 unspecified atom stereocenters. The van der Waals surface area contributed by atoms with E-state index < -0.39 is 0 Å². The monoisotopic (exact) mass is 370 g/mol. The molecule has 134 valence electrons. The zero-order valence-electron chi connectivity index (χ0n) is 14.7. The first kappa shape index (κ1) is 17.8. The van der Waals surface area contributed by atoms with Gasteiger partial charge in [-0.05, 0) is 37.3 Å². The average Bonchev–Trinajstić information content (AvgIpc) is 2.61. The van der Waals surface area contributed by atoms with E-state index in [4.69, 9.17) is 21.1 Å². The molecule has 0 spiro atoms. The predicted molar refractivity (Wildman–Crippen MR) is 104 cm³/mol. The van der Waals surface area contributed by atoms with Gasteiger partial charge in [-0.2, -0.15) is 4.98 Å². The normalized spacial score (nSPS) is 10.3. The molecule has 7 heteroatoms. The van der Waals surface area contributed by atoms with Gasteiger partial charge in [0.25, 0.3) is 0 Å². The zero-order chi connectivity index (χ0) is 18.5. The Hall–Kier alpha value is -2.99. The van der Waals surface area contributed by atoms with Crippen LogP contribution in [0, 0.1) is 6.92 Å². The molecule has 1 heterocycles. The largest absolute Gasteiger partial charge is 0.497 e. The van der Waals surface area contributed by atoms with Crippen LogP contribution < -0.4 is 20.1 Å². The van der Waals surface area contributed by atoms with Crippen molar-refractivity contribution in [3.8, 4) is 11.5 Å². The summed E-state index contributed by atoms with van der Waals surface area (Å²) in [5, 5.41) is 7.01. The number of halogens is 1. The van der Waals surface area contributed by atoms with Gasteiger partial charge >= 0.3 is 0 Å². The molecule has 3 aromatic rings. The molecule has 0 fully saturated rings. The van der Waals surface area contributed by atoms with Crippen LogP contribution in [-0.4, -0.2) is 24.2 Å². The van der Waals surface area contributed by atoms with Crippen LogP contribution in [0.4, 0.5) is 23.1 Å². The number of nitrogens with zero attached hydrogens (tertiary/aromatic N) is 2. The van der Waals surface area contributed by atoms with Crippen LogP contribution in [0.15, 0.2) is 48.5 Å². The summed E-state index contributed by atoms with van der Waals surface area (Å²) in [7, 11) is 3.23. The lowest BCUT2D eigenvalue weighted by molar-refractivity contribution is 0.415. The summed E-state index contributed by atoms with van der Waals surface area (Å²) in [4.78, 5) is 8.94. The molecule has 0 saturated heterocycles. The number of rotatable bonds is 6. The van der Waals surface area contributed by atoms with Crippen molar-refractivity contribution in [1.82, 2.24) is 9.97 Å². The van der Waals surface area contributed by atoms with E-state index >= 15 is 0 Å². The third kappa shape index (κ3) is 4.34. The van der Waals surface area contributed by atoms with Gasteiger partial charge in [-0.1, -0.05) is 17.7 Å². The second-order valence-electron chi connectivity index (χ2n) is 5.54. The Morgan fingerprint density at radius 2 is 1.77 bits per heavy atom. The number of benzene rings is 2.